The van der Waals surface area contributed by atoms with E-state index in [0.717, 1.165) is 11.8 Å². The van der Waals surface area contributed by atoms with Gasteiger partial charge in [-0.1, -0.05) is 31.2 Å². The Morgan fingerprint density at radius 1 is 1.25 bits per heavy atom. The normalized spacial score (nSPS) is 18.3. The van der Waals surface area contributed by atoms with Gasteiger partial charge in [0.1, 0.15) is 0 Å². The highest BCUT2D eigenvalue weighted by atomic mass is 19.4. The van der Waals surface area contributed by atoms with Crippen LogP contribution in [0.4, 0.5) is 13.2 Å². The molecule has 1 aromatic heterocycles. The number of ether oxygens (including phenoxy) is 1. The largest absolute Gasteiger partial charge is 0.416 e. The van der Waals surface area contributed by atoms with Gasteiger partial charge in [-0.25, -0.2) is 0 Å². The summed E-state index contributed by atoms with van der Waals surface area (Å²) in [4.78, 5) is 18.5. The van der Waals surface area contributed by atoms with Gasteiger partial charge in [0, 0.05) is 25.7 Å². The van der Waals surface area contributed by atoms with Gasteiger partial charge in [0.05, 0.1) is 24.0 Å². The van der Waals surface area contributed by atoms with Crippen LogP contribution in [-0.4, -0.2) is 35.0 Å². The van der Waals surface area contributed by atoms with Crippen LogP contribution in [0.1, 0.15) is 42.5 Å². The summed E-state index contributed by atoms with van der Waals surface area (Å²) in [5.41, 5.74) is 0.309. The molecule has 0 saturated carbocycles. The molecule has 1 aliphatic heterocycles. The average Bonchev–Trinajstić information content (AvgIpc) is 3.16. The molecule has 2 aromatic rings. The second-order valence-electron chi connectivity index (χ2n) is 7.07. The molecule has 1 saturated heterocycles. The van der Waals surface area contributed by atoms with E-state index in [0.29, 0.717) is 26.1 Å². The average molecular weight is 392 g/mol. The summed E-state index contributed by atoms with van der Waals surface area (Å²) in [5.74, 6) is -0.660. The number of carbonyl (C=O) groups excluding carboxylic acids is 1. The van der Waals surface area contributed by atoms with Crippen molar-refractivity contribution >= 4 is 5.91 Å². The van der Waals surface area contributed by atoms with Gasteiger partial charge in [-0.3, -0.25) is 9.78 Å². The lowest BCUT2D eigenvalue weighted by molar-refractivity contribution is -0.139. The van der Waals surface area contributed by atoms with E-state index in [1.165, 1.54) is 12.1 Å². The van der Waals surface area contributed by atoms with Crippen LogP contribution in [0.2, 0.25) is 0 Å². The minimum atomic E-state index is -4.42. The van der Waals surface area contributed by atoms with Gasteiger partial charge in [-0.05, 0) is 36.1 Å². The Hall–Kier alpha value is -2.41. The number of halogens is 3. The van der Waals surface area contributed by atoms with E-state index in [9.17, 15) is 18.0 Å². The summed E-state index contributed by atoms with van der Waals surface area (Å²) in [7, 11) is 0. The zero-order valence-corrected chi connectivity index (χ0v) is 15.7. The SMILES string of the molecule is C[C@H](CC(=O)N1CC[C@@H](OCc2ccccn2)C1)c1ccccc1C(F)(F)F. The van der Waals surface area contributed by atoms with Gasteiger partial charge in [-0.2, -0.15) is 13.2 Å². The Bertz CT molecular complexity index is 796. The smallest absolute Gasteiger partial charge is 0.370 e. The molecule has 7 heteroatoms. The van der Waals surface area contributed by atoms with Gasteiger partial charge >= 0.3 is 6.18 Å². The molecule has 0 aliphatic carbocycles. The van der Waals surface area contributed by atoms with Gasteiger partial charge in [0.15, 0.2) is 0 Å². The lowest BCUT2D eigenvalue weighted by Crippen LogP contribution is -2.31. The van der Waals surface area contributed by atoms with Crippen LogP contribution in [-0.2, 0) is 22.3 Å². The number of pyridine rings is 1. The molecule has 0 bridgehead atoms. The van der Waals surface area contributed by atoms with Gasteiger partial charge in [0.25, 0.3) is 0 Å². The zero-order chi connectivity index (χ0) is 20.1. The molecular formula is C21H23F3N2O2. The topological polar surface area (TPSA) is 42.4 Å². The maximum absolute atomic E-state index is 13.2. The second-order valence-corrected chi connectivity index (χ2v) is 7.07. The van der Waals surface area contributed by atoms with E-state index in [1.54, 1.807) is 24.1 Å². The van der Waals surface area contributed by atoms with Crippen molar-refractivity contribution in [3.8, 4) is 0 Å². The third-order valence-corrected chi connectivity index (χ3v) is 4.97. The quantitative estimate of drug-likeness (QED) is 0.731. The van der Waals surface area contributed by atoms with Crippen molar-refractivity contribution in [1.82, 2.24) is 9.88 Å². The van der Waals surface area contributed by atoms with Crippen molar-refractivity contribution in [1.29, 1.82) is 0 Å². The first-order valence-corrected chi connectivity index (χ1v) is 9.30. The van der Waals surface area contributed by atoms with E-state index >= 15 is 0 Å². The fourth-order valence-electron chi connectivity index (χ4n) is 3.46. The van der Waals surface area contributed by atoms with E-state index in [1.807, 2.05) is 18.2 Å². The molecule has 0 unspecified atom stereocenters. The number of aromatic nitrogens is 1. The van der Waals surface area contributed by atoms with E-state index in [-0.39, 0.29) is 24.0 Å². The molecule has 1 aliphatic rings. The number of benzene rings is 1. The highest BCUT2D eigenvalue weighted by Crippen LogP contribution is 2.36. The van der Waals surface area contributed by atoms with E-state index < -0.39 is 17.7 Å². The molecule has 0 radical (unpaired) electrons. The van der Waals surface area contributed by atoms with Crippen molar-refractivity contribution in [2.24, 2.45) is 0 Å². The monoisotopic (exact) mass is 392 g/mol. The van der Waals surface area contributed by atoms with Crippen molar-refractivity contribution in [2.75, 3.05) is 13.1 Å². The van der Waals surface area contributed by atoms with Gasteiger partial charge in [0.2, 0.25) is 5.91 Å². The summed E-state index contributed by atoms with van der Waals surface area (Å²) < 4.78 is 45.4. The molecule has 4 nitrogen and oxygen atoms in total. The number of likely N-dealkylation sites (tertiary alicyclic amines) is 1. The molecule has 0 N–H and O–H groups in total. The fraction of sp³-hybridized carbons (Fsp3) is 0.429. The maximum Gasteiger partial charge on any atom is 0.416 e. The first-order chi connectivity index (χ1) is 13.3. The number of rotatable bonds is 6. The first-order valence-electron chi connectivity index (χ1n) is 9.30. The Morgan fingerprint density at radius 2 is 2.00 bits per heavy atom. The molecule has 1 aromatic carbocycles. The molecule has 150 valence electrons. The van der Waals surface area contributed by atoms with Gasteiger partial charge < -0.3 is 9.64 Å². The van der Waals surface area contributed by atoms with Crippen molar-refractivity contribution < 1.29 is 22.7 Å². The van der Waals surface area contributed by atoms with Crippen LogP contribution in [0.5, 0.6) is 0 Å². The third kappa shape index (κ3) is 5.10. The number of carbonyl (C=O) groups is 1. The predicted octanol–water partition coefficient (Wildman–Crippen LogP) is 4.41. The predicted molar refractivity (Wildman–Crippen MR) is 98.5 cm³/mol. The lowest BCUT2D eigenvalue weighted by atomic mass is 9.92. The first kappa shape index (κ1) is 20.3. The maximum atomic E-state index is 13.2. The minimum absolute atomic E-state index is 0.0417. The summed E-state index contributed by atoms with van der Waals surface area (Å²) in [6, 6.07) is 11.0. The van der Waals surface area contributed by atoms with Crippen LogP contribution in [0.3, 0.4) is 0 Å². The van der Waals surface area contributed by atoms with Crippen LogP contribution >= 0.6 is 0 Å². The number of nitrogens with zero attached hydrogens (tertiary/aromatic N) is 2. The second kappa shape index (κ2) is 8.73. The number of alkyl halides is 3. The number of amides is 1. The summed E-state index contributed by atoms with van der Waals surface area (Å²) in [6.07, 6.45) is -2.05. The Kier molecular flexibility index (Phi) is 6.34. The molecule has 28 heavy (non-hydrogen) atoms. The standard InChI is InChI=1S/C21H23F3N2O2/c1-15(18-7-2-3-8-19(18)21(22,23)24)12-20(27)26-11-9-17(13-26)28-14-16-6-4-5-10-25-16/h2-8,10,15,17H,9,11-14H2,1H3/t15-,17-/m1/s1. The number of hydrogen-bond acceptors (Lipinski definition) is 3. The van der Waals surface area contributed by atoms with Crippen molar-refractivity contribution in [3.05, 3.63) is 65.5 Å². The summed E-state index contributed by atoms with van der Waals surface area (Å²) in [6.45, 7) is 3.05. The molecule has 2 atom stereocenters. The van der Waals surface area contributed by atoms with Crippen LogP contribution in [0, 0.1) is 0 Å². The molecule has 0 spiro atoms. The fourth-order valence-corrected chi connectivity index (χ4v) is 3.46. The highest BCUT2D eigenvalue weighted by molar-refractivity contribution is 5.77. The number of hydrogen-bond donors (Lipinski definition) is 0. The van der Waals surface area contributed by atoms with Gasteiger partial charge in [-0.15, -0.1) is 0 Å². The van der Waals surface area contributed by atoms with Crippen LogP contribution in [0.25, 0.3) is 0 Å². The molecule has 2 heterocycles. The highest BCUT2D eigenvalue weighted by Gasteiger charge is 2.35. The van der Waals surface area contributed by atoms with Crippen molar-refractivity contribution in [3.63, 3.8) is 0 Å². The summed E-state index contributed by atoms with van der Waals surface area (Å²) >= 11 is 0. The van der Waals surface area contributed by atoms with Crippen molar-refractivity contribution in [2.45, 2.75) is 44.6 Å². The lowest BCUT2D eigenvalue weighted by Gasteiger charge is -2.21. The Morgan fingerprint density at radius 3 is 2.71 bits per heavy atom. The molecule has 3 rings (SSSR count). The molecule has 1 fully saturated rings. The third-order valence-electron chi connectivity index (χ3n) is 4.97. The minimum Gasteiger partial charge on any atom is -0.370 e. The molecular weight excluding hydrogens is 369 g/mol. The molecule has 1 amide bonds. The van der Waals surface area contributed by atoms with E-state index in [2.05, 4.69) is 4.98 Å². The van der Waals surface area contributed by atoms with E-state index in [4.69, 9.17) is 4.74 Å². The summed E-state index contributed by atoms with van der Waals surface area (Å²) in [5, 5.41) is 0. The zero-order valence-electron chi connectivity index (χ0n) is 15.7. The van der Waals surface area contributed by atoms with Crippen LogP contribution < -0.4 is 0 Å². The van der Waals surface area contributed by atoms with Crippen LogP contribution in [0.15, 0.2) is 48.7 Å². The Labute approximate surface area is 162 Å². The Balaban J connectivity index is 1.54.